The molecule has 4 rings (SSSR count). The summed E-state index contributed by atoms with van der Waals surface area (Å²) in [5, 5.41) is 9.50. The first-order valence-corrected chi connectivity index (χ1v) is 9.09. The number of nitrogens with one attached hydrogen (secondary N) is 1. The summed E-state index contributed by atoms with van der Waals surface area (Å²) in [4.78, 5) is 30.8. The zero-order valence-corrected chi connectivity index (χ0v) is 15.9. The molecule has 1 aromatic carbocycles. The normalized spacial score (nSPS) is 17.5. The molecule has 1 atom stereocenters. The second-order valence-corrected chi connectivity index (χ2v) is 6.99. The van der Waals surface area contributed by atoms with E-state index in [2.05, 4.69) is 9.97 Å². The quantitative estimate of drug-likeness (QED) is 0.633. The summed E-state index contributed by atoms with van der Waals surface area (Å²) in [5.74, 6) is 0. The van der Waals surface area contributed by atoms with Gasteiger partial charge in [0.1, 0.15) is 5.15 Å². The molecule has 158 valence electrons. The minimum absolute atomic E-state index is 0.00300. The summed E-state index contributed by atoms with van der Waals surface area (Å²) in [6.45, 7) is -0.133. The zero-order chi connectivity index (χ0) is 21.6. The topological polar surface area (TPSA) is 100 Å². The Morgan fingerprint density at radius 1 is 1.33 bits per heavy atom. The summed E-state index contributed by atoms with van der Waals surface area (Å²) in [6.07, 6.45) is -4.98. The van der Waals surface area contributed by atoms with Crippen LogP contribution in [0.2, 0.25) is 5.15 Å². The van der Waals surface area contributed by atoms with E-state index in [1.54, 1.807) is 0 Å². The van der Waals surface area contributed by atoms with Gasteiger partial charge in [-0.3, -0.25) is 14.3 Å². The van der Waals surface area contributed by atoms with Crippen molar-refractivity contribution in [1.82, 2.24) is 19.4 Å². The van der Waals surface area contributed by atoms with E-state index in [0.717, 1.165) is 17.3 Å². The molecule has 0 radical (unpaired) electrons. The fourth-order valence-corrected chi connectivity index (χ4v) is 3.84. The maximum atomic E-state index is 13.9. The number of hydrogen-bond acceptors (Lipinski definition) is 4. The lowest BCUT2D eigenvalue weighted by Crippen LogP contribution is -2.43. The van der Waals surface area contributed by atoms with Gasteiger partial charge in [0.15, 0.2) is 5.65 Å². The number of carbonyl (C=O) groups is 1. The lowest BCUT2D eigenvalue weighted by molar-refractivity contribution is -0.139. The van der Waals surface area contributed by atoms with Gasteiger partial charge in [-0.05, 0) is 23.8 Å². The predicted octanol–water partition coefficient (Wildman–Crippen LogP) is 3.44. The number of amides is 1. The lowest BCUT2D eigenvalue weighted by Gasteiger charge is -2.35. The highest BCUT2D eigenvalue weighted by atomic mass is 35.5. The average Bonchev–Trinajstić information content (AvgIpc) is 3.04. The highest BCUT2D eigenvalue weighted by Gasteiger charge is 2.39. The molecule has 0 spiro atoms. The molecular formula is C18H14ClF3N4O4. The number of hydrogen-bond donors (Lipinski definition) is 2. The van der Waals surface area contributed by atoms with Crippen LogP contribution in [0.3, 0.4) is 0 Å². The average molecular weight is 443 g/mol. The van der Waals surface area contributed by atoms with E-state index in [0.29, 0.717) is 0 Å². The Labute approximate surface area is 171 Å². The van der Waals surface area contributed by atoms with E-state index >= 15 is 0 Å². The van der Waals surface area contributed by atoms with Gasteiger partial charge in [0, 0.05) is 12.2 Å². The van der Waals surface area contributed by atoms with Crippen molar-refractivity contribution in [2.24, 2.45) is 0 Å². The van der Waals surface area contributed by atoms with Gasteiger partial charge >= 0.3 is 12.3 Å². The number of ether oxygens (including phenoxy) is 1. The van der Waals surface area contributed by atoms with E-state index in [1.807, 2.05) is 0 Å². The SMILES string of the molecule is O=C(O)N1CCOCC1c1ccc(-n2c(Cl)cc3c(=O)[nH]cnc32)cc1C(F)(F)F. The van der Waals surface area contributed by atoms with Crippen molar-refractivity contribution in [2.45, 2.75) is 12.2 Å². The molecule has 0 bridgehead atoms. The van der Waals surface area contributed by atoms with Gasteiger partial charge in [0.2, 0.25) is 0 Å². The minimum Gasteiger partial charge on any atom is -0.465 e. The van der Waals surface area contributed by atoms with Crippen molar-refractivity contribution in [1.29, 1.82) is 0 Å². The summed E-state index contributed by atoms with van der Waals surface area (Å²) >= 11 is 6.18. The molecule has 2 aromatic heterocycles. The monoisotopic (exact) mass is 442 g/mol. The van der Waals surface area contributed by atoms with Gasteiger partial charge in [-0.2, -0.15) is 13.2 Å². The van der Waals surface area contributed by atoms with Crippen molar-refractivity contribution in [3.63, 3.8) is 0 Å². The van der Waals surface area contributed by atoms with Gasteiger partial charge in [-0.15, -0.1) is 0 Å². The lowest BCUT2D eigenvalue weighted by atomic mass is 9.97. The Kier molecular flexibility index (Phi) is 4.94. The van der Waals surface area contributed by atoms with Crippen LogP contribution in [-0.2, 0) is 10.9 Å². The highest BCUT2D eigenvalue weighted by Crippen LogP contribution is 2.39. The molecule has 1 amide bonds. The molecule has 12 heteroatoms. The van der Waals surface area contributed by atoms with Gasteiger partial charge < -0.3 is 14.8 Å². The molecule has 1 saturated heterocycles. The number of aromatic nitrogens is 3. The van der Waals surface area contributed by atoms with Gasteiger partial charge in [0.25, 0.3) is 5.56 Å². The van der Waals surface area contributed by atoms with Crippen molar-refractivity contribution < 1.29 is 27.8 Å². The van der Waals surface area contributed by atoms with Gasteiger partial charge in [0.05, 0.1) is 36.5 Å². The van der Waals surface area contributed by atoms with E-state index in [1.165, 1.54) is 22.8 Å². The van der Waals surface area contributed by atoms with Crippen molar-refractivity contribution in [3.05, 3.63) is 57.2 Å². The van der Waals surface area contributed by atoms with E-state index in [4.69, 9.17) is 16.3 Å². The first-order valence-electron chi connectivity index (χ1n) is 8.72. The Bertz CT molecular complexity index is 1190. The van der Waals surface area contributed by atoms with Crippen LogP contribution in [0, 0.1) is 0 Å². The summed E-state index contributed by atoms with van der Waals surface area (Å²) in [6, 6.07) is 3.62. The van der Waals surface area contributed by atoms with Crippen molar-refractivity contribution >= 4 is 28.7 Å². The zero-order valence-electron chi connectivity index (χ0n) is 15.1. The van der Waals surface area contributed by atoms with Gasteiger partial charge in [-0.1, -0.05) is 17.7 Å². The van der Waals surface area contributed by atoms with Crippen molar-refractivity contribution in [2.75, 3.05) is 19.8 Å². The minimum atomic E-state index is -4.77. The third-order valence-corrected chi connectivity index (χ3v) is 5.17. The second-order valence-electron chi connectivity index (χ2n) is 6.61. The number of nitrogens with zero attached hydrogens (tertiary/aromatic N) is 3. The molecule has 1 fully saturated rings. The molecule has 8 nitrogen and oxygen atoms in total. The van der Waals surface area contributed by atoms with E-state index in [-0.39, 0.29) is 47.2 Å². The molecule has 2 N–H and O–H groups in total. The summed E-state index contributed by atoms with van der Waals surface area (Å²) in [7, 11) is 0. The third-order valence-electron chi connectivity index (χ3n) is 4.89. The molecule has 3 aromatic rings. The Morgan fingerprint density at radius 3 is 2.80 bits per heavy atom. The number of rotatable bonds is 2. The van der Waals surface area contributed by atoms with E-state index < -0.39 is 29.4 Å². The summed E-state index contributed by atoms with van der Waals surface area (Å²) < 4.78 is 48.2. The number of carboxylic acid groups (broad SMARTS) is 1. The predicted molar refractivity (Wildman–Crippen MR) is 100.0 cm³/mol. The maximum absolute atomic E-state index is 13.9. The molecular weight excluding hydrogens is 429 g/mol. The number of alkyl halides is 3. The fraction of sp³-hybridized carbons (Fsp3) is 0.278. The number of halogens is 4. The van der Waals surface area contributed by atoms with Crippen LogP contribution in [-0.4, -0.2) is 50.4 Å². The molecule has 3 heterocycles. The standard InChI is InChI=1S/C18H14ClF3N4O4/c19-14-6-11-15(23-8-24-16(11)27)26(14)9-1-2-10(12(5-9)18(20,21)22)13-7-30-4-3-25(13)17(28)29/h1-2,5-6,8,13H,3-4,7H2,(H,28,29)(H,23,24,27). The number of morpholine rings is 1. The first-order chi connectivity index (χ1) is 14.2. The fourth-order valence-electron chi connectivity index (χ4n) is 3.55. The van der Waals surface area contributed by atoms with Crippen LogP contribution in [0.1, 0.15) is 17.2 Å². The Morgan fingerprint density at radius 2 is 2.10 bits per heavy atom. The molecule has 0 aliphatic carbocycles. The molecule has 1 aliphatic rings. The number of fused-ring (bicyclic) bond motifs is 1. The van der Waals surface area contributed by atoms with E-state index in [9.17, 15) is 27.9 Å². The second kappa shape index (κ2) is 7.33. The number of aromatic amines is 1. The van der Waals surface area contributed by atoms with Crippen LogP contribution in [0.25, 0.3) is 16.7 Å². The Balaban J connectivity index is 1.90. The molecule has 0 saturated carbocycles. The smallest absolute Gasteiger partial charge is 0.416 e. The van der Waals surface area contributed by atoms with Crippen LogP contribution in [0.4, 0.5) is 18.0 Å². The highest BCUT2D eigenvalue weighted by molar-refractivity contribution is 6.31. The largest absolute Gasteiger partial charge is 0.465 e. The van der Waals surface area contributed by atoms with Crippen LogP contribution < -0.4 is 5.56 Å². The first kappa shape index (κ1) is 20.2. The maximum Gasteiger partial charge on any atom is 0.416 e. The third kappa shape index (κ3) is 3.39. The molecule has 1 unspecified atom stereocenters. The number of benzene rings is 1. The van der Waals surface area contributed by atoms with Crippen LogP contribution in [0.15, 0.2) is 35.4 Å². The molecule has 30 heavy (non-hydrogen) atoms. The number of H-pyrrole nitrogens is 1. The summed E-state index contributed by atoms with van der Waals surface area (Å²) in [5.41, 5.74) is -1.61. The Hall–Kier alpha value is -3.05. The van der Waals surface area contributed by atoms with Gasteiger partial charge in [-0.25, -0.2) is 9.78 Å². The van der Waals surface area contributed by atoms with Crippen LogP contribution in [0.5, 0.6) is 0 Å². The molecule has 1 aliphatic heterocycles. The van der Waals surface area contributed by atoms with Crippen LogP contribution >= 0.6 is 11.6 Å². The van der Waals surface area contributed by atoms with Crippen molar-refractivity contribution in [3.8, 4) is 5.69 Å².